The minimum atomic E-state index is -2.60. The maximum absolute atomic E-state index is 13.0. The summed E-state index contributed by atoms with van der Waals surface area (Å²) in [6, 6.07) is 3.47. The zero-order valence-electron chi connectivity index (χ0n) is 9.16. The predicted octanol–water partition coefficient (Wildman–Crippen LogP) is 3.89. The highest BCUT2D eigenvalue weighted by Gasteiger charge is 2.15. The van der Waals surface area contributed by atoms with Crippen LogP contribution in [0.25, 0.3) is 0 Å². The number of hydrogen-bond donors (Lipinski definition) is 0. The Hall–Kier alpha value is -1.28. The minimum absolute atomic E-state index is 0.108. The normalized spacial score (nSPS) is 11.1. The van der Waals surface area contributed by atoms with E-state index in [1.54, 1.807) is 0 Å². The number of aromatic nitrogens is 3. The average molecular weight is 357 g/mol. The van der Waals surface area contributed by atoms with Gasteiger partial charge in [0.05, 0.1) is 5.02 Å². The lowest BCUT2D eigenvalue weighted by molar-refractivity contribution is 0.118. The van der Waals surface area contributed by atoms with Crippen molar-refractivity contribution in [1.82, 2.24) is 14.8 Å². The summed E-state index contributed by atoms with van der Waals surface area (Å²) in [6.07, 6.45) is -2.60. The monoisotopic (exact) mass is 355 g/mol. The van der Waals surface area contributed by atoms with Crippen molar-refractivity contribution in [3.63, 3.8) is 0 Å². The highest BCUT2D eigenvalue weighted by atomic mass is 79.9. The number of alkyl halides is 2. The fourth-order valence-electron chi connectivity index (χ4n) is 1.27. The fraction of sp³-hybridized carbons (Fsp3) is 0.200. The number of nitrogens with zero attached hydrogens (tertiary/aromatic N) is 3. The van der Waals surface area contributed by atoms with Crippen molar-refractivity contribution in [3.05, 3.63) is 33.8 Å². The van der Waals surface area contributed by atoms with Gasteiger partial charge < -0.3 is 4.74 Å². The van der Waals surface area contributed by atoms with Gasteiger partial charge in [-0.25, -0.2) is 17.9 Å². The van der Waals surface area contributed by atoms with Gasteiger partial charge >= 0.3 is 6.01 Å². The molecule has 0 saturated heterocycles. The second kappa shape index (κ2) is 5.79. The van der Waals surface area contributed by atoms with Crippen LogP contribution in [-0.4, -0.2) is 21.2 Å². The van der Waals surface area contributed by atoms with Crippen LogP contribution < -0.4 is 4.74 Å². The molecule has 4 nitrogen and oxygen atoms in total. The quantitative estimate of drug-likeness (QED) is 0.834. The summed E-state index contributed by atoms with van der Waals surface area (Å²) < 4.78 is 43.9. The number of hydrogen-bond acceptors (Lipinski definition) is 3. The van der Waals surface area contributed by atoms with Crippen molar-refractivity contribution in [2.24, 2.45) is 0 Å². The molecule has 1 heterocycles. The second-order valence-electron chi connectivity index (χ2n) is 3.41. The molecule has 1 aromatic heterocycles. The van der Waals surface area contributed by atoms with Gasteiger partial charge in [0.1, 0.15) is 18.1 Å². The molecule has 0 aliphatic carbocycles. The van der Waals surface area contributed by atoms with Crippen LogP contribution in [0.3, 0.4) is 0 Å². The van der Waals surface area contributed by atoms with Crippen molar-refractivity contribution in [3.8, 4) is 11.8 Å². The molecule has 2 aromatic rings. The molecule has 0 saturated carbocycles. The largest absolute Gasteiger partial charge is 0.424 e. The van der Waals surface area contributed by atoms with E-state index in [9.17, 15) is 13.2 Å². The molecule has 0 aliphatic rings. The van der Waals surface area contributed by atoms with Crippen molar-refractivity contribution >= 4 is 27.5 Å². The zero-order valence-corrected chi connectivity index (χ0v) is 11.5. The van der Waals surface area contributed by atoms with Crippen molar-refractivity contribution in [1.29, 1.82) is 0 Å². The van der Waals surface area contributed by atoms with E-state index in [4.69, 9.17) is 16.3 Å². The fourth-order valence-corrected chi connectivity index (χ4v) is 1.79. The molecule has 0 atom stereocenters. The first-order chi connectivity index (χ1) is 8.95. The third-order valence-corrected chi connectivity index (χ3v) is 2.65. The maximum atomic E-state index is 13.0. The van der Waals surface area contributed by atoms with Crippen LogP contribution in [0.5, 0.6) is 11.8 Å². The Morgan fingerprint density at radius 2 is 2.16 bits per heavy atom. The molecule has 0 spiro atoms. The SMILES string of the molecule is Fc1ccc(Oc2nc(Br)nn2CC(F)F)cc1Cl. The van der Waals surface area contributed by atoms with Crippen LogP contribution in [0.4, 0.5) is 13.2 Å². The summed E-state index contributed by atoms with van der Waals surface area (Å²) in [4.78, 5) is 3.79. The smallest absolute Gasteiger partial charge is 0.321 e. The van der Waals surface area contributed by atoms with Crippen LogP contribution >= 0.6 is 27.5 Å². The molecular formula is C10H6BrClF3N3O. The Kier molecular flexibility index (Phi) is 4.31. The van der Waals surface area contributed by atoms with Crippen molar-refractivity contribution in [2.75, 3.05) is 0 Å². The topological polar surface area (TPSA) is 39.9 Å². The van der Waals surface area contributed by atoms with Crippen LogP contribution in [-0.2, 0) is 6.54 Å². The van der Waals surface area contributed by atoms with Gasteiger partial charge in [-0.2, -0.15) is 4.98 Å². The Morgan fingerprint density at radius 1 is 1.42 bits per heavy atom. The van der Waals surface area contributed by atoms with E-state index in [0.717, 1.165) is 10.7 Å². The summed E-state index contributed by atoms with van der Waals surface area (Å²) in [5, 5.41) is 3.55. The zero-order chi connectivity index (χ0) is 14.0. The second-order valence-corrected chi connectivity index (χ2v) is 4.53. The molecule has 0 N–H and O–H groups in total. The number of ether oxygens (including phenoxy) is 1. The van der Waals surface area contributed by atoms with Crippen LogP contribution in [0, 0.1) is 5.82 Å². The Morgan fingerprint density at radius 3 is 2.79 bits per heavy atom. The van der Waals surface area contributed by atoms with Gasteiger partial charge in [0.15, 0.2) is 0 Å². The number of rotatable bonds is 4. The Labute approximate surface area is 119 Å². The summed E-state index contributed by atoms with van der Waals surface area (Å²) in [5.41, 5.74) is 0. The molecule has 102 valence electrons. The summed E-state index contributed by atoms with van der Waals surface area (Å²) in [7, 11) is 0. The molecule has 0 aliphatic heterocycles. The van der Waals surface area contributed by atoms with Crippen LogP contribution in [0.15, 0.2) is 22.9 Å². The van der Waals surface area contributed by atoms with Gasteiger partial charge in [0.2, 0.25) is 4.73 Å². The first-order valence-electron chi connectivity index (χ1n) is 4.97. The maximum Gasteiger partial charge on any atom is 0.321 e. The lowest BCUT2D eigenvalue weighted by atomic mass is 10.3. The summed E-state index contributed by atoms with van der Waals surface area (Å²) in [5.74, 6) is -0.439. The third kappa shape index (κ3) is 3.60. The van der Waals surface area contributed by atoms with E-state index >= 15 is 0 Å². The highest BCUT2D eigenvalue weighted by Crippen LogP contribution is 2.26. The predicted molar refractivity (Wildman–Crippen MR) is 65.2 cm³/mol. The van der Waals surface area contributed by atoms with Crippen molar-refractivity contribution < 1.29 is 17.9 Å². The lowest BCUT2D eigenvalue weighted by Gasteiger charge is -2.07. The molecule has 19 heavy (non-hydrogen) atoms. The first kappa shape index (κ1) is 14.1. The van der Waals surface area contributed by atoms with Crippen molar-refractivity contribution in [2.45, 2.75) is 13.0 Å². The molecule has 0 radical (unpaired) electrons. The summed E-state index contributed by atoms with van der Waals surface area (Å²) >= 11 is 8.54. The van der Waals surface area contributed by atoms with E-state index in [1.807, 2.05) is 0 Å². The van der Waals surface area contributed by atoms with E-state index in [2.05, 4.69) is 26.0 Å². The molecule has 2 rings (SSSR count). The molecule has 0 fully saturated rings. The van der Waals surface area contributed by atoms with Gasteiger partial charge in [-0.05, 0) is 28.1 Å². The highest BCUT2D eigenvalue weighted by molar-refractivity contribution is 9.10. The molecule has 0 unspecified atom stereocenters. The summed E-state index contributed by atoms with van der Waals surface area (Å²) in [6.45, 7) is -0.664. The lowest BCUT2D eigenvalue weighted by Crippen LogP contribution is -2.09. The Bertz CT molecular complexity index is 593. The van der Waals surface area contributed by atoms with Crippen LogP contribution in [0.1, 0.15) is 0 Å². The first-order valence-corrected chi connectivity index (χ1v) is 6.14. The van der Waals surface area contributed by atoms with Gasteiger partial charge in [-0.3, -0.25) is 0 Å². The molecule has 0 bridgehead atoms. The average Bonchev–Trinajstić information content (AvgIpc) is 2.63. The number of benzene rings is 1. The standard InChI is InChI=1S/C10H6BrClF3N3O/c11-9-16-10(18(17-9)4-8(14)15)19-5-1-2-7(13)6(12)3-5/h1-3,8H,4H2. The van der Waals surface area contributed by atoms with E-state index in [-0.39, 0.29) is 21.5 Å². The van der Waals surface area contributed by atoms with E-state index in [0.29, 0.717) is 0 Å². The van der Waals surface area contributed by atoms with Gasteiger partial charge in [0.25, 0.3) is 6.43 Å². The van der Waals surface area contributed by atoms with Gasteiger partial charge in [-0.1, -0.05) is 11.6 Å². The van der Waals surface area contributed by atoms with E-state index < -0.39 is 18.8 Å². The van der Waals surface area contributed by atoms with E-state index in [1.165, 1.54) is 12.1 Å². The molecule has 9 heteroatoms. The van der Waals surface area contributed by atoms with Crippen LogP contribution in [0.2, 0.25) is 5.02 Å². The Balaban J connectivity index is 2.24. The van der Waals surface area contributed by atoms with Gasteiger partial charge in [-0.15, -0.1) is 5.10 Å². The number of halogens is 5. The molecule has 0 amide bonds. The molecule has 1 aromatic carbocycles. The molecular weight excluding hydrogens is 350 g/mol. The third-order valence-electron chi connectivity index (χ3n) is 2.02. The minimum Gasteiger partial charge on any atom is -0.424 e. The van der Waals surface area contributed by atoms with Gasteiger partial charge in [0, 0.05) is 6.07 Å².